The van der Waals surface area contributed by atoms with Gasteiger partial charge in [0.15, 0.2) is 17.1 Å². The molecule has 0 saturated heterocycles. The molecule has 0 aliphatic carbocycles. The fourth-order valence-corrected chi connectivity index (χ4v) is 4.90. The van der Waals surface area contributed by atoms with E-state index in [1.54, 1.807) is 36.4 Å². The summed E-state index contributed by atoms with van der Waals surface area (Å²) < 4.78 is 6.23. The zero-order chi connectivity index (χ0) is 27.6. The van der Waals surface area contributed by atoms with Gasteiger partial charge in [0, 0.05) is 39.0 Å². The van der Waals surface area contributed by atoms with Crippen molar-refractivity contribution in [3.8, 4) is 17.2 Å². The molecule has 6 heteroatoms. The van der Waals surface area contributed by atoms with Crippen LogP contribution < -0.4 is 4.90 Å². The molecule has 0 bridgehead atoms. The van der Waals surface area contributed by atoms with Crippen LogP contribution in [0.25, 0.3) is 47.6 Å². The van der Waals surface area contributed by atoms with Gasteiger partial charge in [-0.25, -0.2) is 4.85 Å². The number of anilines is 3. The lowest BCUT2D eigenvalue weighted by molar-refractivity contribution is 0.670. The van der Waals surface area contributed by atoms with Gasteiger partial charge in [0.25, 0.3) is 0 Å². The van der Waals surface area contributed by atoms with E-state index in [2.05, 4.69) is 32.7 Å². The van der Waals surface area contributed by atoms with Crippen molar-refractivity contribution < 1.29 is 4.42 Å². The minimum atomic E-state index is 0.229. The van der Waals surface area contributed by atoms with Crippen molar-refractivity contribution in [2.75, 3.05) is 4.90 Å². The van der Waals surface area contributed by atoms with Crippen LogP contribution in [-0.4, -0.2) is 0 Å². The van der Waals surface area contributed by atoms with Gasteiger partial charge in [-0.15, -0.1) is 0 Å². The molecule has 0 atom stereocenters. The summed E-state index contributed by atoms with van der Waals surface area (Å²) in [5.41, 5.74) is 6.75. The zero-order valence-corrected chi connectivity index (χ0v) is 21.0. The number of fused-ring (bicyclic) bond motifs is 3. The van der Waals surface area contributed by atoms with Crippen LogP contribution in [0.3, 0.4) is 0 Å². The molecule has 6 aromatic rings. The molecule has 6 nitrogen and oxygen atoms in total. The number of hydrogen-bond acceptors (Lipinski definition) is 3. The highest BCUT2D eigenvalue weighted by molar-refractivity contribution is 6.09. The summed E-state index contributed by atoms with van der Waals surface area (Å²) in [6.45, 7) is 22.5. The van der Waals surface area contributed by atoms with Crippen LogP contribution >= 0.6 is 0 Å². The Kier molecular flexibility index (Phi) is 5.91. The Morgan fingerprint density at radius 2 is 1.40 bits per heavy atom. The van der Waals surface area contributed by atoms with Crippen LogP contribution in [0.5, 0.6) is 0 Å². The Hall–Kier alpha value is -6.34. The average Bonchev–Trinajstić information content (AvgIpc) is 3.40. The molecule has 5 aromatic carbocycles. The van der Waals surface area contributed by atoms with Crippen LogP contribution in [0, 0.1) is 31.0 Å². The Labute approximate surface area is 230 Å². The fraction of sp³-hybridized carbons (Fsp3) is 0. The van der Waals surface area contributed by atoms with E-state index in [1.807, 2.05) is 59.5 Å². The zero-order valence-electron chi connectivity index (χ0n) is 21.0. The Morgan fingerprint density at radius 1 is 0.650 bits per heavy atom. The summed E-state index contributed by atoms with van der Waals surface area (Å²) >= 11 is 0. The molecule has 0 unspecified atom stereocenters. The minimum Gasteiger partial charge on any atom is -0.455 e. The van der Waals surface area contributed by atoms with Gasteiger partial charge in [0.05, 0.1) is 25.8 Å². The van der Waals surface area contributed by atoms with E-state index in [-0.39, 0.29) is 11.4 Å². The molecule has 0 N–H and O–H groups in total. The number of rotatable bonds is 4. The average molecular weight is 512 g/mol. The van der Waals surface area contributed by atoms with E-state index in [9.17, 15) is 5.26 Å². The van der Waals surface area contributed by atoms with Crippen molar-refractivity contribution in [2.45, 2.75) is 0 Å². The summed E-state index contributed by atoms with van der Waals surface area (Å²) in [6.07, 6.45) is 0. The molecule has 40 heavy (non-hydrogen) atoms. The number of hydrogen-bond donors (Lipinski definition) is 0. The number of nitrogens with zero attached hydrogens (tertiary/aromatic N) is 5. The third-order valence-electron chi connectivity index (χ3n) is 6.72. The molecule has 6 rings (SSSR count). The van der Waals surface area contributed by atoms with Crippen molar-refractivity contribution in [1.29, 1.82) is 5.26 Å². The van der Waals surface area contributed by atoms with Crippen LogP contribution in [-0.2, 0) is 0 Å². The van der Waals surface area contributed by atoms with E-state index >= 15 is 0 Å². The van der Waals surface area contributed by atoms with Crippen molar-refractivity contribution in [3.05, 3.63) is 143 Å². The number of para-hydroxylation sites is 2. The van der Waals surface area contributed by atoms with Gasteiger partial charge >= 0.3 is 0 Å². The van der Waals surface area contributed by atoms with Crippen LogP contribution in [0.4, 0.5) is 34.1 Å². The monoisotopic (exact) mass is 511 g/mol. The third kappa shape index (κ3) is 4.06. The van der Waals surface area contributed by atoms with Gasteiger partial charge in [-0.1, -0.05) is 60.7 Å². The maximum atomic E-state index is 9.60. The quantitative estimate of drug-likeness (QED) is 0.221. The first-order valence-corrected chi connectivity index (χ1v) is 12.3. The predicted molar refractivity (Wildman–Crippen MR) is 157 cm³/mol. The van der Waals surface area contributed by atoms with Crippen molar-refractivity contribution in [2.24, 2.45) is 0 Å². The maximum absolute atomic E-state index is 9.60. The molecule has 184 valence electrons. The van der Waals surface area contributed by atoms with E-state index in [1.165, 1.54) is 0 Å². The number of furan rings is 1. The predicted octanol–water partition coefficient (Wildman–Crippen LogP) is 10.2. The second-order valence-electron chi connectivity index (χ2n) is 9.02. The van der Waals surface area contributed by atoms with Gasteiger partial charge in [0.1, 0.15) is 11.2 Å². The smallest absolute Gasteiger partial charge is 0.196 e. The third-order valence-corrected chi connectivity index (χ3v) is 6.72. The maximum Gasteiger partial charge on any atom is 0.196 e. The summed E-state index contributed by atoms with van der Waals surface area (Å²) in [4.78, 5) is 12.4. The topological polar surface area (TPSA) is 53.2 Å². The Bertz CT molecular complexity index is 2080. The van der Waals surface area contributed by atoms with Crippen LogP contribution in [0.1, 0.15) is 5.56 Å². The Balaban J connectivity index is 1.51. The molecule has 0 fully saturated rings. The van der Waals surface area contributed by atoms with E-state index in [0.29, 0.717) is 22.6 Å². The summed E-state index contributed by atoms with van der Waals surface area (Å²) in [5, 5.41) is 11.7. The van der Waals surface area contributed by atoms with Gasteiger partial charge in [-0.2, -0.15) is 5.26 Å². The Morgan fingerprint density at radius 3 is 2.15 bits per heavy atom. The molecular weight excluding hydrogens is 494 g/mol. The lowest BCUT2D eigenvalue weighted by Gasteiger charge is -2.27. The molecular formula is C34H17N5O. The molecule has 0 aliphatic rings. The first-order chi connectivity index (χ1) is 19.6. The first kappa shape index (κ1) is 24.0. The van der Waals surface area contributed by atoms with Gasteiger partial charge in [-0.05, 0) is 48.0 Å². The number of benzene rings is 5. The normalized spacial score (nSPS) is 10.4. The lowest BCUT2D eigenvalue weighted by Crippen LogP contribution is -2.10. The first-order valence-electron chi connectivity index (χ1n) is 12.3. The molecule has 0 radical (unpaired) electrons. The highest BCUT2D eigenvalue weighted by Gasteiger charge is 2.17. The second-order valence-corrected chi connectivity index (χ2v) is 9.02. The summed E-state index contributed by atoms with van der Waals surface area (Å²) in [6, 6.07) is 34.1. The van der Waals surface area contributed by atoms with Crippen molar-refractivity contribution in [1.82, 2.24) is 0 Å². The molecule has 1 aromatic heterocycles. The van der Waals surface area contributed by atoms with E-state index < -0.39 is 0 Å². The summed E-state index contributed by atoms with van der Waals surface area (Å²) in [7, 11) is 0. The molecule has 0 aliphatic heterocycles. The molecule has 1 heterocycles. The van der Waals surface area contributed by atoms with Crippen molar-refractivity contribution in [3.63, 3.8) is 0 Å². The SMILES string of the molecule is [C-]#[N+]c1cc(C#N)cc(N(c2ccc(-c3cccc4c3oc3ccccc34)cc2)c2ccc([N+]#[C-])c([N+]#[C-])c2)c1. The minimum absolute atomic E-state index is 0.229. The molecule has 0 spiro atoms. The van der Waals surface area contributed by atoms with Gasteiger partial charge < -0.3 is 9.32 Å². The van der Waals surface area contributed by atoms with E-state index in [4.69, 9.17) is 24.1 Å². The van der Waals surface area contributed by atoms with E-state index in [0.717, 1.165) is 38.8 Å². The van der Waals surface area contributed by atoms with Gasteiger partial charge in [-0.3, -0.25) is 9.69 Å². The lowest BCUT2D eigenvalue weighted by atomic mass is 10.0. The van der Waals surface area contributed by atoms with Crippen LogP contribution in [0.2, 0.25) is 0 Å². The molecule has 0 saturated carbocycles. The standard InChI is InChI=1S/C34H17N5O/c1-36-24-17-22(21-35)18-27(19-24)39(26-15-16-31(37-2)32(20-26)38-3)25-13-11-23(12-14-25)28-8-6-9-30-29-7-4-5-10-33(29)40-34(28)30/h4-20H. The number of nitriles is 1. The summed E-state index contributed by atoms with van der Waals surface area (Å²) in [5.74, 6) is 0. The van der Waals surface area contributed by atoms with Crippen molar-refractivity contribution >= 4 is 56.1 Å². The van der Waals surface area contributed by atoms with Gasteiger partial charge in [0.2, 0.25) is 0 Å². The fourth-order valence-electron chi connectivity index (χ4n) is 4.90. The highest BCUT2D eigenvalue weighted by atomic mass is 16.3. The molecule has 0 amide bonds. The largest absolute Gasteiger partial charge is 0.455 e. The van der Waals surface area contributed by atoms with Crippen LogP contribution in [0.15, 0.2) is 108 Å². The second kappa shape index (κ2) is 9.85. The highest BCUT2D eigenvalue weighted by Crippen LogP contribution is 2.42.